The van der Waals surface area contributed by atoms with Crippen LogP contribution in [-0.2, 0) is 11.3 Å². The zero-order chi connectivity index (χ0) is 20.7. The number of benzene rings is 1. The highest BCUT2D eigenvalue weighted by Gasteiger charge is 2.25. The first-order valence-corrected chi connectivity index (χ1v) is 10.9. The van der Waals surface area contributed by atoms with Crippen molar-refractivity contribution in [2.75, 3.05) is 23.8 Å². The molecule has 1 saturated heterocycles. The molecule has 2 aromatic heterocycles. The highest BCUT2D eigenvalue weighted by atomic mass is 32.1. The normalized spacial score (nSPS) is 20.9. The molecule has 2 aliphatic rings. The molecule has 7 nitrogen and oxygen atoms in total. The first kappa shape index (κ1) is 19.2. The molecule has 4 heterocycles. The van der Waals surface area contributed by atoms with Crippen LogP contribution in [0.5, 0.6) is 0 Å². The number of carbonyl (C=O) groups excluding carboxylic acids is 1. The number of ether oxygens (including phenoxy) is 1. The van der Waals surface area contributed by atoms with Crippen molar-refractivity contribution >= 4 is 50.9 Å². The number of aliphatic imine (C=N–C) groups is 1. The lowest BCUT2D eigenvalue weighted by Crippen LogP contribution is -2.48. The van der Waals surface area contributed by atoms with Crippen molar-refractivity contribution in [2.24, 2.45) is 4.99 Å². The molecule has 5 rings (SSSR count). The molecule has 0 aliphatic carbocycles. The average Bonchev–Trinajstić information content (AvgIpc) is 3.13. The molecule has 30 heavy (non-hydrogen) atoms. The average molecular weight is 422 g/mol. The maximum atomic E-state index is 12.9. The van der Waals surface area contributed by atoms with E-state index in [0.717, 1.165) is 41.3 Å². The second-order valence-corrected chi connectivity index (χ2v) is 8.78. The minimum atomic E-state index is -0.166. The van der Waals surface area contributed by atoms with Crippen LogP contribution in [0.2, 0.25) is 0 Å². The van der Waals surface area contributed by atoms with Crippen molar-refractivity contribution in [3.05, 3.63) is 47.0 Å². The topological polar surface area (TPSA) is 78.8 Å². The van der Waals surface area contributed by atoms with Gasteiger partial charge in [-0.25, -0.2) is 9.98 Å². The van der Waals surface area contributed by atoms with E-state index in [1.165, 1.54) is 16.9 Å². The van der Waals surface area contributed by atoms with E-state index in [4.69, 9.17) is 4.74 Å². The lowest BCUT2D eigenvalue weighted by molar-refractivity contribution is -0.0409. The monoisotopic (exact) mass is 421 g/mol. The van der Waals surface area contributed by atoms with Gasteiger partial charge >= 0.3 is 0 Å². The van der Waals surface area contributed by atoms with Gasteiger partial charge in [0.2, 0.25) is 0 Å². The molecule has 0 bridgehead atoms. The Morgan fingerprint density at radius 3 is 2.77 bits per heavy atom. The number of thiophene rings is 1. The van der Waals surface area contributed by atoms with Gasteiger partial charge in [0, 0.05) is 30.5 Å². The van der Waals surface area contributed by atoms with Crippen LogP contribution < -0.4 is 10.6 Å². The second kappa shape index (κ2) is 7.79. The number of nitrogens with one attached hydrogen (secondary N) is 2. The largest absolute Gasteiger partial charge is 0.378 e. The predicted octanol–water partition coefficient (Wildman–Crippen LogP) is 4.24. The summed E-state index contributed by atoms with van der Waals surface area (Å²) in [6, 6.07) is 10.7. The van der Waals surface area contributed by atoms with E-state index in [2.05, 4.69) is 51.5 Å². The van der Waals surface area contributed by atoms with E-state index in [1.807, 2.05) is 18.2 Å². The Hall–Kier alpha value is -2.81. The van der Waals surface area contributed by atoms with Gasteiger partial charge in [0.1, 0.15) is 9.71 Å². The lowest BCUT2D eigenvalue weighted by atomic mass is 10.1. The molecule has 1 aromatic carbocycles. The van der Waals surface area contributed by atoms with Gasteiger partial charge in [-0.05, 0) is 37.6 Å². The van der Waals surface area contributed by atoms with Gasteiger partial charge in [0.25, 0.3) is 5.91 Å². The fraction of sp³-hybridized carbons (Fsp3) is 0.318. The molecule has 0 saturated carbocycles. The van der Waals surface area contributed by atoms with E-state index in [9.17, 15) is 4.79 Å². The van der Waals surface area contributed by atoms with Crippen LogP contribution in [-0.4, -0.2) is 47.4 Å². The molecule has 0 spiro atoms. The van der Waals surface area contributed by atoms with E-state index in [1.54, 1.807) is 12.5 Å². The van der Waals surface area contributed by atoms with Crippen LogP contribution in [0.15, 0.2) is 41.5 Å². The SMILES string of the molecule is CC1COCC(C)N1Cc1ccc(NC(=O)c2sc3nccc4c3c2N=CN4)cc1. The van der Waals surface area contributed by atoms with Gasteiger partial charge in [-0.1, -0.05) is 12.1 Å². The fourth-order valence-corrected chi connectivity index (χ4v) is 5.02. The van der Waals surface area contributed by atoms with Gasteiger partial charge in [-0.2, -0.15) is 0 Å². The lowest BCUT2D eigenvalue weighted by Gasteiger charge is -2.38. The molecule has 2 N–H and O–H groups in total. The van der Waals surface area contributed by atoms with Crippen LogP contribution in [0.25, 0.3) is 10.2 Å². The third kappa shape index (κ3) is 3.47. The smallest absolute Gasteiger partial charge is 0.268 e. The summed E-state index contributed by atoms with van der Waals surface area (Å²) < 4.78 is 5.61. The quantitative estimate of drug-likeness (QED) is 0.659. The Morgan fingerprint density at radius 1 is 1.23 bits per heavy atom. The minimum Gasteiger partial charge on any atom is -0.378 e. The second-order valence-electron chi connectivity index (χ2n) is 7.78. The molecule has 2 unspecified atom stereocenters. The number of hydrogen-bond acceptors (Lipinski definition) is 7. The van der Waals surface area contributed by atoms with Gasteiger partial charge in [0.15, 0.2) is 0 Å². The molecule has 0 radical (unpaired) electrons. The fourth-order valence-electron chi connectivity index (χ4n) is 4.01. The molecule has 2 aliphatic heterocycles. The molecular formula is C22H23N5O2S. The van der Waals surface area contributed by atoms with Crippen molar-refractivity contribution in [2.45, 2.75) is 32.5 Å². The highest BCUT2D eigenvalue weighted by molar-refractivity contribution is 7.21. The van der Waals surface area contributed by atoms with Crippen LogP contribution in [0.3, 0.4) is 0 Å². The van der Waals surface area contributed by atoms with Crippen LogP contribution in [0, 0.1) is 0 Å². The summed E-state index contributed by atoms with van der Waals surface area (Å²) in [6.07, 6.45) is 3.35. The first-order valence-electron chi connectivity index (χ1n) is 10.0. The number of hydrogen-bond donors (Lipinski definition) is 2. The number of morpholine rings is 1. The van der Waals surface area contributed by atoms with Crippen molar-refractivity contribution in [1.82, 2.24) is 9.88 Å². The Kier molecular flexibility index (Phi) is 4.98. The third-order valence-corrected chi connectivity index (χ3v) is 6.70. The zero-order valence-electron chi connectivity index (χ0n) is 16.9. The van der Waals surface area contributed by atoms with Gasteiger partial charge in [-0.3, -0.25) is 9.69 Å². The summed E-state index contributed by atoms with van der Waals surface area (Å²) in [5, 5.41) is 7.01. The Morgan fingerprint density at radius 2 is 2.00 bits per heavy atom. The number of rotatable bonds is 4. The Balaban J connectivity index is 1.32. The zero-order valence-corrected chi connectivity index (χ0v) is 17.7. The van der Waals surface area contributed by atoms with Crippen LogP contribution >= 0.6 is 11.3 Å². The van der Waals surface area contributed by atoms with E-state index in [0.29, 0.717) is 22.6 Å². The number of aromatic nitrogens is 1. The summed E-state index contributed by atoms with van der Waals surface area (Å²) in [5.74, 6) is -0.166. The maximum Gasteiger partial charge on any atom is 0.268 e. The molecule has 2 atom stereocenters. The molecule has 154 valence electrons. The van der Waals surface area contributed by atoms with Crippen LogP contribution in [0.4, 0.5) is 17.1 Å². The number of anilines is 2. The van der Waals surface area contributed by atoms with Crippen LogP contribution in [0.1, 0.15) is 29.1 Å². The predicted molar refractivity (Wildman–Crippen MR) is 121 cm³/mol. The van der Waals surface area contributed by atoms with Crippen molar-refractivity contribution in [3.63, 3.8) is 0 Å². The van der Waals surface area contributed by atoms with Gasteiger partial charge < -0.3 is 15.4 Å². The number of pyridine rings is 1. The van der Waals surface area contributed by atoms with E-state index in [-0.39, 0.29) is 5.91 Å². The molecule has 1 fully saturated rings. The first-order chi connectivity index (χ1) is 14.6. The van der Waals surface area contributed by atoms with E-state index < -0.39 is 0 Å². The summed E-state index contributed by atoms with van der Waals surface area (Å²) in [7, 11) is 0. The standard InChI is InChI=1S/C22H23N5O2S/c1-13-10-29-11-14(2)27(13)9-15-3-5-16(6-4-15)26-21(28)20-19-18-17(24-12-25-19)7-8-23-22(18)30-20/h3-8,12-14H,9-11H2,1-2H3,(H,24,25)(H,26,28). The number of nitrogens with zero attached hydrogens (tertiary/aromatic N) is 3. The van der Waals surface area contributed by atoms with Crippen molar-refractivity contribution in [1.29, 1.82) is 0 Å². The molecule has 8 heteroatoms. The third-order valence-electron chi connectivity index (χ3n) is 5.61. The maximum absolute atomic E-state index is 12.9. The molecule has 1 amide bonds. The van der Waals surface area contributed by atoms with Crippen molar-refractivity contribution in [3.8, 4) is 0 Å². The summed E-state index contributed by atoms with van der Waals surface area (Å²) in [4.78, 5) is 25.5. The van der Waals surface area contributed by atoms with Gasteiger partial charge in [0.05, 0.1) is 36.3 Å². The number of carbonyl (C=O) groups is 1. The Bertz CT molecular complexity index is 1110. The minimum absolute atomic E-state index is 0.166. The summed E-state index contributed by atoms with van der Waals surface area (Å²) in [6.45, 7) is 6.80. The Labute approximate surface area is 178 Å². The summed E-state index contributed by atoms with van der Waals surface area (Å²) >= 11 is 1.36. The van der Waals surface area contributed by atoms with Crippen molar-refractivity contribution < 1.29 is 9.53 Å². The summed E-state index contributed by atoms with van der Waals surface area (Å²) in [5.41, 5.74) is 3.59. The number of amides is 1. The molecule has 3 aromatic rings. The highest BCUT2D eigenvalue weighted by Crippen LogP contribution is 2.42. The molecular weight excluding hydrogens is 398 g/mol. The van der Waals surface area contributed by atoms with Gasteiger partial charge in [-0.15, -0.1) is 11.3 Å². The van der Waals surface area contributed by atoms with E-state index >= 15 is 0 Å².